The fourth-order valence-electron chi connectivity index (χ4n) is 2.81. The van der Waals surface area contributed by atoms with Crippen molar-refractivity contribution in [3.8, 4) is 0 Å². The molecule has 31 heavy (non-hydrogen) atoms. The van der Waals surface area contributed by atoms with Crippen LogP contribution in [0.15, 0.2) is 48.5 Å². The monoisotopic (exact) mass is 466 g/mol. The predicted octanol–water partition coefficient (Wildman–Crippen LogP) is 6.85. The highest BCUT2D eigenvalue weighted by molar-refractivity contribution is 6.42. The molecule has 4 rings (SSSR count). The first-order valence-corrected chi connectivity index (χ1v) is 9.62. The number of anilines is 3. The quantitative estimate of drug-likeness (QED) is 0.316. The Hall–Kier alpha value is -3.10. The Kier molecular flexibility index (Phi) is 5.84. The van der Waals surface area contributed by atoms with Crippen LogP contribution in [-0.4, -0.2) is 9.97 Å². The van der Waals surface area contributed by atoms with Gasteiger partial charge in [0.15, 0.2) is 34.9 Å². The fraction of sp³-hybridized carbons (Fsp3) is 0.0476. The smallest absolute Gasteiger partial charge is 0.174 e. The van der Waals surface area contributed by atoms with Crippen LogP contribution >= 0.6 is 23.2 Å². The normalized spacial score (nSPS) is 11.0. The number of nitrogens with zero attached hydrogens (tertiary/aromatic N) is 2. The first-order valence-electron chi connectivity index (χ1n) is 8.87. The van der Waals surface area contributed by atoms with Gasteiger partial charge in [-0.2, -0.15) is 0 Å². The van der Waals surface area contributed by atoms with Gasteiger partial charge in [0.1, 0.15) is 0 Å². The van der Waals surface area contributed by atoms with Crippen molar-refractivity contribution in [3.63, 3.8) is 0 Å². The maximum Gasteiger partial charge on any atom is 0.174 e. The number of halogens is 6. The van der Waals surface area contributed by atoms with Crippen molar-refractivity contribution >= 4 is 51.6 Å². The highest BCUT2D eigenvalue weighted by Gasteiger charge is 2.13. The van der Waals surface area contributed by atoms with Crippen molar-refractivity contribution in [2.45, 2.75) is 6.54 Å². The molecule has 0 amide bonds. The Morgan fingerprint density at radius 3 is 1.87 bits per heavy atom. The molecule has 1 heterocycles. The lowest BCUT2D eigenvalue weighted by Gasteiger charge is -2.14. The van der Waals surface area contributed by atoms with Gasteiger partial charge >= 0.3 is 0 Å². The molecule has 1 aromatic heterocycles. The molecule has 0 aliphatic rings. The minimum Gasteiger partial charge on any atom is -0.363 e. The summed E-state index contributed by atoms with van der Waals surface area (Å²) in [5.41, 5.74) is 1.49. The number of aromatic nitrogens is 2. The number of benzene rings is 3. The maximum absolute atomic E-state index is 13.6. The van der Waals surface area contributed by atoms with Crippen molar-refractivity contribution < 1.29 is 17.6 Å². The van der Waals surface area contributed by atoms with Crippen molar-refractivity contribution in [1.82, 2.24) is 9.97 Å². The summed E-state index contributed by atoms with van der Waals surface area (Å²) in [5.74, 6) is -3.56. The van der Waals surface area contributed by atoms with Crippen molar-refractivity contribution in [3.05, 3.63) is 87.4 Å². The first kappa shape index (κ1) is 21.1. The number of rotatable bonds is 5. The molecule has 158 valence electrons. The van der Waals surface area contributed by atoms with Gasteiger partial charge in [0.05, 0.1) is 21.1 Å². The van der Waals surface area contributed by atoms with Gasteiger partial charge in [0.25, 0.3) is 0 Å². The molecule has 0 aliphatic heterocycles. The standard InChI is InChI=1S/C21H12Cl2F4N4/c22-12-7-18-19(8-13(12)23)31-21(29-11-2-4-15(25)17(27)6-11)20(30-18)28-9-10-1-3-14(24)16(26)5-10/h1-8H,9H2,(H,28,30)(H,29,31). The van der Waals surface area contributed by atoms with E-state index in [0.29, 0.717) is 16.6 Å². The molecular formula is C21H12Cl2F4N4. The highest BCUT2D eigenvalue weighted by atomic mass is 35.5. The zero-order valence-corrected chi connectivity index (χ0v) is 17.0. The summed E-state index contributed by atoms with van der Waals surface area (Å²) in [6, 6.07) is 9.79. The Balaban J connectivity index is 1.72. The molecule has 0 unspecified atom stereocenters. The largest absolute Gasteiger partial charge is 0.363 e. The third-order valence-electron chi connectivity index (χ3n) is 4.33. The van der Waals surface area contributed by atoms with E-state index < -0.39 is 23.3 Å². The highest BCUT2D eigenvalue weighted by Crippen LogP contribution is 2.31. The van der Waals surface area contributed by atoms with Gasteiger partial charge < -0.3 is 10.6 Å². The summed E-state index contributed by atoms with van der Waals surface area (Å²) < 4.78 is 53.5. The molecule has 0 saturated heterocycles. The van der Waals surface area contributed by atoms with Gasteiger partial charge in [-0.1, -0.05) is 29.3 Å². The average Bonchev–Trinajstić information content (AvgIpc) is 2.73. The van der Waals surface area contributed by atoms with E-state index >= 15 is 0 Å². The Morgan fingerprint density at radius 1 is 0.677 bits per heavy atom. The molecule has 0 aliphatic carbocycles. The lowest BCUT2D eigenvalue weighted by molar-refractivity contribution is 0.507. The first-order chi connectivity index (χ1) is 14.8. The van der Waals surface area contributed by atoms with Gasteiger partial charge in [-0.15, -0.1) is 0 Å². The molecule has 4 aromatic rings. The second kappa shape index (κ2) is 8.56. The van der Waals surface area contributed by atoms with Gasteiger partial charge in [0.2, 0.25) is 0 Å². The van der Waals surface area contributed by atoms with E-state index in [9.17, 15) is 17.6 Å². The maximum atomic E-state index is 13.6. The van der Waals surface area contributed by atoms with E-state index in [1.165, 1.54) is 24.3 Å². The van der Waals surface area contributed by atoms with Gasteiger partial charge in [0, 0.05) is 18.3 Å². The van der Waals surface area contributed by atoms with Crippen LogP contribution in [0.2, 0.25) is 10.0 Å². The van der Waals surface area contributed by atoms with E-state index in [1.807, 2.05) is 0 Å². The Morgan fingerprint density at radius 2 is 1.26 bits per heavy atom. The zero-order chi connectivity index (χ0) is 22.1. The van der Waals surface area contributed by atoms with E-state index in [4.69, 9.17) is 23.2 Å². The Bertz CT molecular complexity index is 1300. The molecular weight excluding hydrogens is 455 g/mol. The van der Waals surface area contributed by atoms with E-state index in [0.717, 1.165) is 24.3 Å². The number of hydrogen-bond donors (Lipinski definition) is 2. The van der Waals surface area contributed by atoms with Gasteiger partial charge in [-0.3, -0.25) is 0 Å². The minimum atomic E-state index is -1.04. The van der Waals surface area contributed by atoms with E-state index in [-0.39, 0.29) is 33.9 Å². The van der Waals surface area contributed by atoms with Crippen LogP contribution in [0.4, 0.5) is 34.9 Å². The van der Waals surface area contributed by atoms with Crippen LogP contribution < -0.4 is 10.6 Å². The number of hydrogen-bond acceptors (Lipinski definition) is 4. The van der Waals surface area contributed by atoms with Gasteiger partial charge in [-0.05, 0) is 42.0 Å². The summed E-state index contributed by atoms with van der Waals surface area (Å²) >= 11 is 12.1. The van der Waals surface area contributed by atoms with E-state index in [1.54, 1.807) is 0 Å². The SMILES string of the molecule is Fc1ccc(CNc2nc3cc(Cl)c(Cl)cc3nc2Nc2ccc(F)c(F)c2)cc1F. The van der Waals surface area contributed by atoms with Crippen LogP contribution in [0.1, 0.15) is 5.56 Å². The molecule has 2 N–H and O–H groups in total. The van der Waals surface area contributed by atoms with Crippen molar-refractivity contribution in [1.29, 1.82) is 0 Å². The molecule has 0 atom stereocenters. The second-order valence-corrected chi connectivity index (χ2v) is 7.35. The zero-order valence-electron chi connectivity index (χ0n) is 15.5. The molecule has 0 radical (unpaired) electrons. The number of fused-ring (bicyclic) bond motifs is 1. The molecule has 0 fully saturated rings. The third-order valence-corrected chi connectivity index (χ3v) is 5.05. The lowest BCUT2D eigenvalue weighted by Crippen LogP contribution is -2.07. The minimum absolute atomic E-state index is 0.0885. The predicted molar refractivity (Wildman–Crippen MR) is 113 cm³/mol. The van der Waals surface area contributed by atoms with Crippen LogP contribution in [0, 0.1) is 23.3 Å². The lowest BCUT2D eigenvalue weighted by atomic mass is 10.2. The molecule has 0 saturated carbocycles. The number of nitrogens with one attached hydrogen (secondary N) is 2. The van der Waals surface area contributed by atoms with Crippen LogP contribution in [-0.2, 0) is 6.54 Å². The molecule has 10 heteroatoms. The topological polar surface area (TPSA) is 49.8 Å². The molecule has 0 bridgehead atoms. The van der Waals surface area contributed by atoms with Crippen molar-refractivity contribution in [2.75, 3.05) is 10.6 Å². The van der Waals surface area contributed by atoms with Crippen LogP contribution in [0.5, 0.6) is 0 Å². The van der Waals surface area contributed by atoms with E-state index in [2.05, 4.69) is 20.6 Å². The average molecular weight is 467 g/mol. The summed E-state index contributed by atoms with van der Waals surface area (Å²) in [6.45, 7) is 0.0885. The Labute approximate surface area is 183 Å². The summed E-state index contributed by atoms with van der Waals surface area (Å²) in [4.78, 5) is 8.89. The molecule has 4 nitrogen and oxygen atoms in total. The summed E-state index contributed by atoms with van der Waals surface area (Å²) in [6.07, 6.45) is 0. The second-order valence-electron chi connectivity index (χ2n) is 6.53. The summed E-state index contributed by atoms with van der Waals surface area (Å²) in [5, 5.41) is 6.39. The van der Waals surface area contributed by atoms with Crippen LogP contribution in [0.3, 0.4) is 0 Å². The summed E-state index contributed by atoms with van der Waals surface area (Å²) in [7, 11) is 0. The third kappa shape index (κ3) is 4.65. The van der Waals surface area contributed by atoms with Crippen LogP contribution in [0.25, 0.3) is 11.0 Å². The fourth-order valence-corrected chi connectivity index (χ4v) is 3.12. The van der Waals surface area contributed by atoms with Crippen molar-refractivity contribution in [2.24, 2.45) is 0 Å². The molecule has 0 spiro atoms. The molecule has 3 aromatic carbocycles. The van der Waals surface area contributed by atoms with Gasteiger partial charge in [-0.25, -0.2) is 27.5 Å².